The largest absolute Gasteiger partial charge is 0.481 e. The van der Waals surface area contributed by atoms with E-state index in [2.05, 4.69) is 4.72 Å². The molecule has 0 aromatic heterocycles. The third-order valence-corrected chi connectivity index (χ3v) is 6.61. The van der Waals surface area contributed by atoms with Crippen LogP contribution < -0.4 is 4.72 Å². The number of sulfone groups is 1. The van der Waals surface area contributed by atoms with E-state index < -0.39 is 31.1 Å². The van der Waals surface area contributed by atoms with Crippen LogP contribution in [0.4, 0.5) is 0 Å². The van der Waals surface area contributed by atoms with E-state index in [0.29, 0.717) is 0 Å². The molecule has 0 aliphatic carbocycles. The average Bonchev–Trinajstić information content (AvgIpc) is 2.56. The number of rotatable bonds is 6. The van der Waals surface area contributed by atoms with Gasteiger partial charge in [-0.2, -0.15) is 0 Å². The van der Waals surface area contributed by atoms with Gasteiger partial charge in [0.25, 0.3) is 0 Å². The van der Waals surface area contributed by atoms with Gasteiger partial charge in [0, 0.05) is 13.0 Å². The quantitative estimate of drug-likeness (QED) is 0.663. The second-order valence-corrected chi connectivity index (χ2v) is 8.90. The summed E-state index contributed by atoms with van der Waals surface area (Å²) in [6, 6.07) is 0. The number of carboxylic acids is 1. The highest BCUT2D eigenvalue weighted by molar-refractivity contribution is 7.95. The van der Waals surface area contributed by atoms with E-state index in [4.69, 9.17) is 5.11 Å². The number of hydrogen-bond donors (Lipinski definition) is 2. The SMILES string of the molecule is CC(CNS(=O)(=O)C1CCS(=O)(=O)C1)CC(=O)O. The van der Waals surface area contributed by atoms with Gasteiger partial charge in [0.15, 0.2) is 9.84 Å². The van der Waals surface area contributed by atoms with Crippen molar-refractivity contribution in [1.29, 1.82) is 0 Å². The predicted molar refractivity (Wildman–Crippen MR) is 65.4 cm³/mol. The fraction of sp³-hybridized carbons (Fsp3) is 0.889. The highest BCUT2D eigenvalue weighted by Gasteiger charge is 2.37. The van der Waals surface area contributed by atoms with E-state index in [-0.39, 0.29) is 36.8 Å². The Kier molecular flexibility index (Phi) is 4.73. The Labute approximate surface area is 107 Å². The molecule has 2 N–H and O–H groups in total. The van der Waals surface area contributed by atoms with Crippen molar-refractivity contribution in [1.82, 2.24) is 4.72 Å². The predicted octanol–water partition coefficient (Wildman–Crippen LogP) is -0.796. The molecule has 18 heavy (non-hydrogen) atoms. The Morgan fingerprint density at radius 3 is 2.56 bits per heavy atom. The molecule has 1 aliphatic rings. The first kappa shape index (κ1) is 15.4. The molecule has 2 unspecified atom stereocenters. The number of carbonyl (C=O) groups is 1. The molecule has 0 aromatic carbocycles. The molecule has 0 amide bonds. The summed E-state index contributed by atoms with van der Waals surface area (Å²) in [5, 5.41) is 7.62. The van der Waals surface area contributed by atoms with Gasteiger partial charge in [-0.25, -0.2) is 21.6 Å². The van der Waals surface area contributed by atoms with Gasteiger partial charge in [-0.05, 0) is 12.3 Å². The van der Waals surface area contributed by atoms with Crippen molar-refractivity contribution in [2.75, 3.05) is 18.1 Å². The van der Waals surface area contributed by atoms with E-state index >= 15 is 0 Å². The van der Waals surface area contributed by atoms with Crippen molar-refractivity contribution in [3.63, 3.8) is 0 Å². The van der Waals surface area contributed by atoms with Crippen molar-refractivity contribution in [2.24, 2.45) is 5.92 Å². The monoisotopic (exact) mass is 299 g/mol. The Morgan fingerprint density at radius 2 is 2.11 bits per heavy atom. The number of hydrogen-bond acceptors (Lipinski definition) is 5. The minimum absolute atomic E-state index is 0.00514. The first-order valence-corrected chi connectivity index (χ1v) is 8.90. The lowest BCUT2D eigenvalue weighted by Crippen LogP contribution is -2.37. The summed E-state index contributed by atoms with van der Waals surface area (Å²) in [6.45, 7) is 1.62. The van der Waals surface area contributed by atoms with Crippen LogP contribution in [0.1, 0.15) is 19.8 Å². The minimum atomic E-state index is -3.68. The summed E-state index contributed by atoms with van der Waals surface area (Å²) < 4.78 is 48.3. The molecule has 1 saturated heterocycles. The normalized spacial score (nSPS) is 24.8. The van der Waals surface area contributed by atoms with Gasteiger partial charge >= 0.3 is 5.97 Å². The van der Waals surface area contributed by atoms with Crippen LogP contribution >= 0.6 is 0 Å². The average molecular weight is 299 g/mol. The van der Waals surface area contributed by atoms with Gasteiger partial charge in [0.1, 0.15) is 0 Å². The van der Waals surface area contributed by atoms with E-state index in [9.17, 15) is 21.6 Å². The van der Waals surface area contributed by atoms with Crippen molar-refractivity contribution < 1.29 is 26.7 Å². The molecule has 1 aliphatic heterocycles. The van der Waals surface area contributed by atoms with Gasteiger partial charge in [-0.1, -0.05) is 6.92 Å². The number of sulfonamides is 1. The third-order valence-electron chi connectivity index (χ3n) is 2.79. The molecule has 1 rings (SSSR count). The topological polar surface area (TPSA) is 118 Å². The summed E-state index contributed by atoms with van der Waals surface area (Å²) in [4.78, 5) is 10.4. The van der Waals surface area contributed by atoms with Crippen molar-refractivity contribution in [3.05, 3.63) is 0 Å². The first-order valence-electron chi connectivity index (χ1n) is 5.53. The fourth-order valence-corrected chi connectivity index (χ4v) is 5.96. The van der Waals surface area contributed by atoms with E-state index in [1.807, 2.05) is 0 Å². The fourth-order valence-electron chi connectivity index (χ4n) is 1.75. The van der Waals surface area contributed by atoms with E-state index in [1.54, 1.807) is 6.92 Å². The standard InChI is InChI=1S/C9H17NO6S2/c1-7(4-9(11)12)5-10-18(15,16)8-2-3-17(13,14)6-8/h7-8,10H,2-6H2,1H3,(H,11,12). The second-order valence-electron chi connectivity index (χ2n) is 4.62. The Morgan fingerprint density at radius 1 is 1.50 bits per heavy atom. The Bertz CT molecular complexity index is 509. The summed E-state index contributed by atoms with van der Waals surface area (Å²) >= 11 is 0. The van der Waals surface area contributed by atoms with Crippen LogP contribution in [-0.2, 0) is 24.7 Å². The molecule has 0 saturated carbocycles. The van der Waals surface area contributed by atoms with Crippen LogP contribution in [-0.4, -0.2) is 51.2 Å². The summed E-state index contributed by atoms with van der Waals surface area (Å²) in [6.07, 6.45) is -0.0313. The molecular formula is C9H17NO6S2. The molecule has 2 atom stereocenters. The molecule has 106 valence electrons. The highest BCUT2D eigenvalue weighted by atomic mass is 32.2. The van der Waals surface area contributed by atoms with Gasteiger partial charge in [-0.3, -0.25) is 4.79 Å². The lowest BCUT2D eigenvalue weighted by molar-refractivity contribution is -0.137. The summed E-state index contributed by atoms with van der Waals surface area (Å²) in [7, 11) is -6.93. The molecule has 9 heteroatoms. The molecule has 0 radical (unpaired) electrons. The smallest absolute Gasteiger partial charge is 0.303 e. The second kappa shape index (κ2) is 5.54. The maximum Gasteiger partial charge on any atom is 0.303 e. The minimum Gasteiger partial charge on any atom is -0.481 e. The molecule has 1 fully saturated rings. The Hall–Kier alpha value is -0.670. The maximum atomic E-state index is 11.8. The summed E-state index contributed by atoms with van der Waals surface area (Å²) in [5.41, 5.74) is 0. The van der Waals surface area contributed by atoms with Gasteiger partial charge in [-0.15, -0.1) is 0 Å². The summed E-state index contributed by atoms with van der Waals surface area (Å²) in [5.74, 6) is -1.79. The van der Waals surface area contributed by atoms with Crippen LogP contribution in [0.5, 0.6) is 0 Å². The number of nitrogens with one attached hydrogen (secondary N) is 1. The van der Waals surface area contributed by atoms with Gasteiger partial charge < -0.3 is 5.11 Å². The van der Waals surface area contributed by atoms with Crippen molar-refractivity contribution in [3.8, 4) is 0 Å². The lowest BCUT2D eigenvalue weighted by Gasteiger charge is -2.14. The zero-order valence-corrected chi connectivity index (χ0v) is 11.6. The zero-order chi connectivity index (χ0) is 14.0. The zero-order valence-electron chi connectivity index (χ0n) is 10.00. The molecule has 0 spiro atoms. The molecule has 7 nitrogen and oxygen atoms in total. The molecule has 0 aromatic rings. The van der Waals surface area contributed by atoms with Crippen LogP contribution in [0, 0.1) is 5.92 Å². The van der Waals surface area contributed by atoms with Crippen molar-refractivity contribution >= 4 is 25.8 Å². The highest BCUT2D eigenvalue weighted by Crippen LogP contribution is 2.18. The Balaban J connectivity index is 2.53. The number of aliphatic carboxylic acids is 1. The van der Waals surface area contributed by atoms with Gasteiger partial charge in [0.05, 0.1) is 16.8 Å². The molecule has 0 bridgehead atoms. The van der Waals surface area contributed by atoms with Crippen molar-refractivity contribution in [2.45, 2.75) is 25.0 Å². The molecule has 1 heterocycles. The first-order chi connectivity index (χ1) is 8.12. The van der Waals surface area contributed by atoms with Crippen LogP contribution in [0.2, 0.25) is 0 Å². The van der Waals surface area contributed by atoms with E-state index in [0.717, 1.165) is 0 Å². The number of carboxylic acid groups (broad SMARTS) is 1. The van der Waals surface area contributed by atoms with Crippen LogP contribution in [0.15, 0.2) is 0 Å². The van der Waals surface area contributed by atoms with Gasteiger partial charge in [0.2, 0.25) is 10.0 Å². The van der Waals surface area contributed by atoms with E-state index in [1.165, 1.54) is 0 Å². The van der Waals surface area contributed by atoms with Crippen LogP contribution in [0.25, 0.3) is 0 Å². The third kappa shape index (κ3) is 4.54. The van der Waals surface area contributed by atoms with Crippen LogP contribution in [0.3, 0.4) is 0 Å². The lowest BCUT2D eigenvalue weighted by atomic mass is 10.1. The molecular weight excluding hydrogens is 282 g/mol. The maximum absolute atomic E-state index is 11.8.